The zero-order chi connectivity index (χ0) is 20.9. The summed E-state index contributed by atoms with van der Waals surface area (Å²) in [6.07, 6.45) is -3.92. The number of hydrogen-bond acceptors (Lipinski definition) is 2. The molecule has 3 aromatic carbocycles. The highest BCUT2D eigenvalue weighted by Gasteiger charge is 2.33. The number of halogens is 3. The van der Waals surface area contributed by atoms with E-state index < -0.39 is 17.7 Å². The number of aliphatic carboxylic acids is 1. The molecule has 3 rings (SSSR count). The minimum absolute atomic E-state index is 0.0619. The molecule has 0 unspecified atom stereocenters. The van der Waals surface area contributed by atoms with E-state index in [-0.39, 0.29) is 18.6 Å². The molecule has 0 heterocycles. The van der Waals surface area contributed by atoms with Gasteiger partial charge in [-0.3, -0.25) is 4.79 Å². The van der Waals surface area contributed by atoms with Gasteiger partial charge in [0, 0.05) is 6.42 Å². The molecule has 0 atom stereocenters. The summed E-state index contributed by atoms with van der Waals surface area (Å²) >= 11 is 0. The first-order valence-electron chi connectivity index (χ1n) is 9.02. The van der Waals surface area contributed by atoms with Crippen molar-refractivity contribution in [1.29, 1.82) is 0 Å². The Morgan fingerprint density at radius 2 is 1.62 bits per heavy atom. The van der Waals surface area contributed by atoms with Crippen molar-refractivity contribution in [2.75, 3.05) is 0 Å². The molecule has 0 aliphatic rings. The largest absolute Gasteiger partial charge is 0.489 e. The zero-order valence-corrected chi connectivity index (χ0v) is 15.4. The van der Waals surface area contributed by atoms with Crippen LogP contribution >= 0.6 is 0 Å². The summed E-state index contributed by atoms with van der Waals surface area (Å²) in [5.41, 5.74) is 1.57. The van der Waals surface area contributed by atoms with Crippen LogP contribution in [0.1, 0.15) is 23.1 Å². The fraction of sp³-hybridized carbons (Fsp3) is 0.174. The van der Waals surface area contributed by atoms with Gasteiger partial charge in [0.15, 0.2) is 0 Å². The van der Waals surface area contributed by atoms with Crippen molar-refractivity contribution in [2.24, 2.45) is 0 Å². The second-order valence-electron chi connectivity index (χ2n) is 6.57. The molecule has 3 aromatic rings. The number of carboxylic acids is 1. The van der Waals surface area contributed by atoms with Crippen molar-refractivity contribution in [3.05, 3.63) is 89.5 Å². The average molecular weight is 400 g/mol. The second-order valence-corrected chi connectivity index (χ2v) is 6.57. The molecule has 0 fully saturated rings. The second kappa shape index (κ2) is 8.82. The van der Waals surface area contributed by atoms with Crippen molar-refractivity contribution in [2.45, 2.75) is 25.6 Å². The van der Waals surface area contributed by atoms with Crippen molar-refractivity contribution in [3.8, 4) is 16.9 Å². The molecule has 0 aliphatic heterocycles. The van der Waals surface area contributed by atoms with E-state index in [9.17, 15) is 18.0 Å². The molecule has 0 radical (unpaired) electrons. The lowest BCUT2D eigenvalue weighted by Crippen LogP contribution is -2.07. The third-order valence-corrected chi connectivity index (χ3v) is 4.43. The molecule has 150 valence electrons. The van der Waals surface area contributed by atoms with E-state index in [1.807, 2.05) is 0 Å². The van der Waals surface area contributed by atoms with Crippen LogP contribution in [-0.2, 0) is 24.0 Å². The Morgan fingerprint density at radius 1 is 0.897 bits per heavy atom. The van der Waals surface area contributed by atoms with Crippen LogP contribution in [0.5, 0.6) is 5.75 Å². The maximum atomic E-state index is 13.3. The minimum Gasteiger partial charge on any atom is -0.489 e. The van der Waals surface area contributed by atoms with Crippen LogP contribution in [-0.4, -0.2) is 11.1 Å². The van der Waals surface area contributed by atoms with Crippen LogP contribution in [0, 0.1) is 0 Å². The monoisotopic (exact) mass is 400 g/mol. The number of ether oxygens (including phenoxy) is 1. The van der Waals surface area contributed by atoms with E-state index in [4.69, 9.17) is 9.84 Å². The van der Waals surface area contributed by atoms with Gasteiger partial charge in [0.2, 0.25) is 0 Å². The van der Waals surface area contributed by atoms with E-state index in [2.05, 4.69) is 0 Å². The lowest BCUT2D eigenvalue weighted by Gasteiger charge is -2.14. The van der Waals surface area contributed by atoms with Crippen molar-refractivity contribution in [1.82, 2.24) is 0 Å². The number of hydrogen-bond donors (Lipinski definition) is 1. The molecule has 6 heteroatoms. The molecule has 1 N–H and O–H groups in total. The van der Waals surface area contributed by atoms with Gasteiger partial charge in [-0.2, -0.15) is 13.2 Å². The first-order chi connectivity index (χ1) is 13.8. The minimum atomic E-state index is -4.43. The number of rotatable bonds is 7. The van der Waals surface area contributed by atoms with E-state index in [1.165, 1.54) is 12.1 Å². The fourth-order valence-corrected chi connectivity index (χ4v) is 2.98. The van der Waals surface area contributed by atoms with Gasteiger partial charge in [-0.1, -0.05) is 48.5 Å². The van der Waals surface area contributed by atoms with E-state index in [0.29, 0.717) is 17.7 Å². The molecule has 0 amide bonds. The van der Waals surface area contributed by atoms with Gasteiger partial charge in [-0.05, 0) is 52.9 Å². The van der Waals surface area contributed by atoms with Crippen LogP contribution in [0.25, 0.3) is 11.1 Å². The highest BCUT2D eigenvalue weighted by atomic mass is 19.4. The summed E-state index contributed by atoms with van der Waals surface area (Å²) in [4.78, 5) is 10.6. The summed E-state index contributed by atoms with van der Waals surface area (Å²) in [7, 11) is 0. The number of carbonyl (C=O) groups is 1. The Kier molecular flexibility index (Phi) is 6.22. The first-order valence-corrected chi connectivity index (χ1v) is 9.02. The third-order valence-electron chi connectivity index (χ3n) is 4.43. The Balaban J connectivity index is 1.71. The Morgan fingerprint density at radius 3 is 2.31 bits per heavy atom. The Labute approximate surface area is 166 Å². The number of benzene rings is 3. The quantitative estimate of drug-likeness (QED) is 0.532. The summed E-state index contributed by atoms with van der Waals surface area (Å²) in [5.74, 6) is -0.248. The van der Waals surface area contributed by atoms with Gasteiger partial charge in [-0.25, -0.2) is 0 Å². The molecular weight excluding hydrogens is 381 g/mol. The highest BCUT2D eigenvalue weighted by Crippen LogP contribution is 2.37. The lowest BCUT2D eigenvalue weighted by molar-refractivity contribution is -0.137. The van der Waals surface area contributed by atoms with E-state index in [0.717, 1.165) is 17.2 Å². The predicted octanol–water partition coefficient (Wildman–Crippen LogP) is 5.97. The lowest BCUT2D eigenvalue weighted by atomic mass is 9.98. The molecule has 3 nitrogen and oxygen atoms in total. The van der Waals surface area contributed by atoms with Crippen LogP contribution in [0.4, 0.5) is 13.2 Å². The predicted molar refractivity (Wildman–Crippen MR) is 104 cm³/mol. The highest BCUT2D eigenvalue weighted by molar-refractivity contribution is 5.68. The normalized spacial score (nSPS) is 11.3. The number of alkyl halides is 3. The standard InChI is InChI=1S/C23H19F3O3/c24-23(25,26)21-7-2-1-6-20(21)18-5-3-4-17(14-18)15-29-19-11-8-16(9-12-19)10-13-22(27)28/h1-9,11-12,14H,10,13,15H2,(H,27,28). The molecule has 29 heavy (non-hydrogen) atoms. The third kappa shape index (κ3) is 5.60. The topological polar surface area (TPSA) is 46.5 Å². The van der Waals surface area contributed by atoms with Crippen molar-refractivity contribution >= 4 is 5.97 Å². The zero-order valence-electron chi connectivity index (χ0n) is 15.4. The molecule has 0 saturated carbocycles. The van der Waals surface area contributed by atoms with Gasteiger partial charge in [0.1, 0.15) is 12.4 Å². The average Bonchev–Trinajstić information content (AvgIpc) is 2.71. The smallest absolute Gasteiger partial charge is 0.417 e. The number of carboxylic acid groups (broad SMARTS) is 1. The van der Waals surface area contributed by atoms with Gasteiger partial charge < -0.3 is 9.84 Å². The Bertz CT molecular complexity index is 979. The van der Waals surface area contributed by atoms with Gasteiger partial charge in [-0.15, -0.1) is 0 Å². The Hall–Kier alpha value is -3.28. The summed E-state index contributed by atoms with van der Waals surface area (Å²) in [6.45, 7) is 0.205. The van der Waals surface area contributed by atoms with Crippen LogP contribution in [0.2, 0.25) is 0 Å². The molecule has 0 aliphatic carbocycles. The first kappa shape index (κ1) is 20.5. The van der Waals surface area contributed by atoms with Gasteiger partial charge in [0.25, 0.3) is 0 Å². The molecular formula is C23H19F3O3. The molecule has 0 bridgehead atoms. The van der Waals surface area contributed by atoms with Gasteiger partial charge in [0.05, 0.1) is 5.56 Å². The van der Waals surface area contributed by atoms with E-state index in [1.54, 1.807) is 54.6 Å². The SMILES string of the molecule is O=C(O)CCc1ccc(OCc2cccc(-c3ccccc3C(F)(F)F)c2)cc1. The van der Waals surface area contributed by atoms with Crippen molar-refractivity contribution < 1.29 is 27.8 Å². The summed E-state index contributed by atoms with van der Waals surface area (Å²) in [5, 5.41) is 8.72. The fourth-order valence-electron chi connectivity index (χ4n) is 2.98. The molecule has 0 aromatic heterocycles. The summed E-state index contributed by atoms with van der Waals surface area (Å²) < 4.78 is 45.6. The number of aryl methyl sites for hydroxylation is 1. The maximum Gasteiger partial charge on any atom is 0.417 e. The summed E-state index contributed by atoms with van der Waals surface area (Å²) in [6, 6.07) is 19.4. The maximum absolute atomic E-state index is 13.3. The van der Waals surface area contributed by atoms with Crippen LogP contribution < -0.4 is 4.74 Å². The molecule has 0 saturated heterocycles. The van der Waals surface area contributed by atoms with Crippen LogP contribution in [0.3, 0.4) is 0 Å². The van der Waals surface area contributed by atoms with Crippen LogP contribution in [0.15, 0.2) is 72.8 Å². The van der Waals surface area contributed by atoms with E-state index >= 15 is 0 Å². The van der Waals surface area contributed by atoms with Gasteiger partial charge >= 0.3 is 12.1 Å². The molecule has 0 spiro atoms. The van der Waals surface area contributed by atoms with Crippen molar-refractivity contribution in [3.63, 3.8) is 0 Å².